The van der Waals surface area contributed by atoms with Gasteiger partial charge in [-0.15, -0.1) is 11.3 Å². The minimum absolute atomic E-state index is 0.116. The number of benzene rings is 1. The van der Waals surface area contributed by atoms with E-state index in [0.717, 1.165) is 54.3 Å². The fourth-order valence-corrected chi connectivity index (χ4v) is 5.07. The number of hydrogen-bond acceptors (Lipinski definition) is 4. The number of nitrogens with one attached hydrogen (secondary N) is 1. The number of thiophene rings is 1. The normalized spacial score (nSPS) is 19.3. The number of rotatable bonds is 3. The van der Waals surface area contributed by atoms with Gasteiger partial charge in [-0.1, -0.05) is 30.3 Å². The van der Waals surface area contributed by atoms with Crippen molar-refractivity contribution in [3.05, 3.63) is 41.3 Å². The van der Waals surface area contributed by atoms with Crippen LogP contribution < -0.4 is 10.1 Å². The highest BCUT2D eigenvalue weighted by Gasteiger charge is 2.38. The molecule has 2 fully saturated rings. The van der Waals surface area contributed by atoms with Gasteiger partial charge in [-0.05, 0) is 42.9 Å². The van der Waals surface area contributed by atoms with Gasteiger partial charge in [0.15, 0.2) is 0 Å². The second-order valence-corrected chi connectivity index (χ2v) is 8.15. The van der Waals surface area contributed by atoms with Crippen molar-refractivity contribution >= 4 is 17.2 Å². The molecule has 3 heterocycles. The summed E-state index contributed by atoms with van der Waals surface area (Å²) in [5.41, 5.74) is 1.55. The zero-order chi connectivity index (χ0) is 17.3. The van der Waals surface area contributed by atoms with Crippen LogP contribution in [-0.4, -0.2) is 44.1 Å². The SMILES string of the molecule is COc1cc(-c2ccccc2)sc1C(=O)N1CCC2(CCNC2)CC1. The van der Waals surface area contributed by atoms with E-state index < -0.39 is 0 Å². The van der Waals surface area contributed by atoms with Crippen LogP contribution in [0.5, 0.6) is 5.75 Å². The van der Waals surface area contributed by atoms with Crippen molar-refractivity contribution in [3.63, 3.8) is 0 Å². The predicted molar refractivity (Wildman–Crippen MR) is 101 cm³/mol. The van der Waals surface area contributed by atoms with Crippen LogP contribution in [0.3, 0.4) is 0 Å². The topological polar surface area (TPSA) is 41.6 Å². The van der Waals surface area contributed by atoms with Gasteiger partial charge in [-0.2, -0.15) is 0 Å². The van der Waals surface area contributed by atoms with Gasteiger partial charge in [0.25, 0.3) is 5.91 Å². The third-order valence-electron chi connectivity index (χ3n) is 5.61. The van der Waals surface area contributed by atoms with Crippen molar-refractivity contribution in [1.82, 2.24) is 10.2 Å². The summed E-state index contributed by atoms with van der Waals surface area (Å²) in [6.07, 6.45) is 3.45. The van der Waals surface area contributed by atoms with Gasteiger partial charge in [0.2, 0.25) is 0 Å². The van der Waals surface area contributed by atoms with E-state index in [2.05, 4.69) is 17.4 Å². The van der Waals surface area contributed by atoms with E-state index in [1.165, 1.54) is 17.8 Å². The van der Waals surface area contributed by atoms with Gasteiger partial charge in [0, 0.05) is 24.5 Å². The maximum atomic E-state index is 13.1. The number of piperidine rings is 1. The van der Waals surface area contributed by atoms with Gasteiger partial charge in [0.1, 0.15) is 10.6 Å². The van der Waals surface area contributed by atoms with E-state index in [0.29, 0.717) is 11.2 Å². The Morgan fingerprint density at radius 2 is 1.96 bits per heavy atom. The van der Waals surface area contributed by atoms with Crippen LogP contribution >= 0.6 is 11.3 Å². The molecule has 2 aliphatic rings. The molecule has 0 unspecified atom stereocenters. The van der Waals surface area contributed by atoms with E-state index in [1.54, 1.807) is 7.11 Å². The number of methoxy groups -OCH3 is 1. The Morgan fingerprint density at radius 3 is 2.60 bits per heavy atom. The standard InChI is InChI=1S/C20H24N2O2S/c1-24-16-13-17(15-5-3-2-4-6-15)25-18(16)19(23)22-11-8-20(9-12-22)7-10-21-14-20/h2-6,13,21H,7-12,14H2,1H3. The summed E-state index contributed by atoms with van der Waals surface area (Å²) in [5.74, 6) is 0.807. The number of ether oxygens (including phenoxy) is 1. The first-order valence-electron chi connectivity index (χ1n) is 8.94. The number of hydrogen-bond donors (Lipinski definition) is 1. The van der Waals surface area contributed by atoms with E-state index in [4.69, 9.17) is 4.74 Å². The molecule has 0 saturated carbocycles. The summed E-state index contributed by atoms with van der Waals surface area (Å²) in [7, 11) is 1.64. The van der Waals surface area contributed by atoms with E-state index >= 15 is 0 Å². The monoisotopic (exact) mass is 356 g/mol. The van der Waals surface area contributed by atoms with Crippen LogP contribution in [-0.2, 0) is 0 Å². The lowest BCUT2D eigenvalue weighted by Crippen LogP contribution is -2.43. The Morgan fingerprint density at radius 1 is 1.20 bits per heavy atom. The number of carbonyl (C=O) groups is 1. The summed E-state index contributed by atoms with van der Waals surface area (Å²) in [4.78, 5) is 16.9. The van der Waals surface area contributed by atoms with Gasteiger partial charge >= 0.3 is 0 Å². The fourth-order valence-electron chi connectivity index (χ4n) is 3.97. The number of amides is 1. The van der Waals surface area contributed by atoms with Crippen molar-refractivity contribution in [1.29, 1.82) is 0 Å². The molecule has 0 bridgehead atoms. The smallest absolute Gasteiger partial charge is 0.267 e. The first-order chi connectivity index (χ1) is 12.2. The molecule has 5 heteroatoms. The van der Waals surface area contributed by atoms with Crippen LogP contribution in [0.1, 0.15) is 28.9 Å². The molecule has 1 spiro atoms. The van der Waals surface area contributed by atoms with Crippen LogP contribution in [0.4, 0.5) is 0 Å². The minimum atomic E-state index is 0.116. The molecule has 2 saturated heterocycles. The average molecular weight is 356 g/mol. The Hall–Kier alpha value is -1.85. The maximum Gasteiger partial charge on any atom is 0.267 e. The quantitative estimate of drug-likeness (QED) is 0.913. The molecule has 0 radical (unpaired) electrons. The molecule has 1 aromatic carbocycles. The Bertz CT molecular complexity index is 740. The molecule has 2 aromatic rings. The van der Waals surface area contributed by atoms with Crippen LogP contribution in [0.15, 0.2) is 36.4 Å². The zero-order valence-corrected chi connectivity index (χ0v) is 15.4. The second kappa shape index (κ2) is 6.81. The highest BCUT2D eigenvalue weighted by Crippen LogP contribution is 2.40. The number of likely N-dealkylation sites (tertiary alicyclic amines) is 1. The van der Waals surface area contributed by atoms with Crippen LogP contribution in [0.25, 0.3) is 10.4 Å². The molecule has 25 heavy (non-hydrogen) atoms. The maximum absolute atomic E-state index is 13.1. The van der Waals surface area contributed by atoms with Crippen molar-refractivity contribution in [3.8, 4) is 16.2 Å². The largest absolute Gasteiger partial charge is 0.495 e. The lowest BCUT2D eigenvalue weighted by Gasteiger charge is -2.38. The average Bonchev–Trinajstić information content (AvgIpc) is 3.30. The van der Waals surface area contributed by atoms with Crippen molar-refractivity contribution in [2.24, 2.45) is 5.41 Å². The molecule has 0 atom stereocenters. The first-order valence-corrected chi connectivity index (χ1v) is 9.76. The van der Waals surface area contributed by atoms with E-state index in [-0.39, 0.29) is 5.91 Å². The Balaban J connectivity index is 1.53. The summed E-state index contributed by atoms with van der Waals surface area (Å²) in [6, 6.07) is 12.2. The van der Waals surface area contributed by atoms with E-state index in [1.807, 2.05) is 29.2 Å². The summed E-state index contributed by atoms with van der Waals surface area (Å²) in [6.45, 7) is 3.92. The number of nitrogens with zero attached hydrogens (tertiary/aromatic N) is 1. The molecule has 2 aliphatic heterocycles. The molecule has 132 valence electrons. The zero-order valence-electron chi connectivity index (χ0n) is 14.6. The van der Waals surface area contributed by atoms with Gasteiger partial charge in [-0.25, -0.2) is 0 Å². The van der Waals surface area contributed by atoms with Gasteiger partial charge < -0.3 is 15.0 Å². The summed E-state index contributed by atoms with van der Waals surface area (Å²) < 4.78 is 5.51. The van der Waals surface area contributed by atoms with Gasteiger partial charge in [0.05, 0.1) is 7.11 Å². The molecular weight excluding hydrogens is 332 g/mol. The Kier molecular flexibility index (Phi) is 4.52. The molecule has 0 aliphatic carbocycles. The minimum Gasteiger partial charge on any atom is -0.495 e. The third-order valence-corrected chi connectivity index (χ3v) is 6.77. The highest BCUT2D eigenvalue weighted by molar-refractivity contribution is 7.17. The summed E-state index contributed by atoms with van der Waals surface area (Å²) >= 11 is 1.53. The van der Waals surface area contributed by atoms with Crippen LogP contribution in [0, 0.1) is 5.41 Å². The van der Waals surface area contributed by atoms with Crippen molar-refractivity contribution < 1.29 is 9.53 Å². The first kappa shape index (κ1) is 16.6. The third kappa shape index (κ3) is 3.18. The second-order valence-electron chi connectivity index (χ2n) is 7.09. The van der Waals surface area contributed by atoms with Crippen LogP contribution in [0.2, 0.25) is 0 Å². The van der Waals surface area contributed by atoms with E-state index in [9.17, 15) is 4.79 Å². The lowest BCUT2D eigenvalue weighted by atomic mass is 9.78. The molecule has 1 N–H and O–H groups in total. The number of carbonyl (C=O) groups excluding carboxylic acids is 1. The molecular formula is C20H24N2O2S. The van der Waals surface area contributed by atoms with Crippen molar-refractivity contribution in [2.45, 2.75) is 19.3 Å². The fraction of sp³-hybridized carbons (Fsp3) is 0.450. The molecule has 4 rings (SSSR count). The van der Waals surface area contributed by atoms with Crippen molar-refractivity contribution in [2.75, 3.05) is 33.3 Å². The predicted octanol–water partition coefficient (Wildman–Crippen LogP) is 3.64. The lowest BCUT2D eigenvalue weighted by molar-refractivity contribution is 0.0609. The highest BCUT2D eigenvalue weighted by atomic mass is 32.1. The van der Waals surface area contributed by atoms with Gasteiger partial charge in [-0.3, -0.25) is 4.79 Å². The Labute approximate surface area is 152 Å². The molecule has 4 nitrogen and oxygen atoms in total. The summed E-state index contributed by atoms with van der Waals surface area (Å²) in [5, 5.41) is 3.48. The molecule has 1 aromatic heterocycles. The molecule has 1 amide bonds.